The molecule has 0 unspecified atom stereocenters. The van der Waals surface area contributed by atoms with E-state index in [4.69, 9.17) is 28.4 Å². The van der Waals surface area contributed by atoms with Gasteiger partial charge in [-0.3, -0.25) is 0 Å². The van der Waals surface area contributed by atoms with Gasteiger partial charge in [-0.15, -0.1) is 0 Å². The molecule has 0 radical (unpaired) electrons. The van der Waals surface area contributed by atoms with Gasteiger partial charge < -0.3 is 28.4 Å². The monoisotopic (exact) mass is 820 g/mol. The number of esters is 5. The molecule has 0 aliphatic carbocycles. The van der Waals surface area contributed by atoms with Gasteiger partial charge in [-0.25, -0.2) is 24.0 Å². The fourth-order valence-electron chi connectivity index (χ4n) is 5.29. The molecule has 0 aliphatic heterocycles. The van der Waals surface area contributed by atoms with E-state index >= 15 is 0 Å². The normalized spacial score (nSPS) is 10.7. The Bertz CT molecular complexity index is 2390. The van der Waals surface area contributed by atoms with Crippen molar-refractivity contribution < 1.29 is 52.4 Å². The summed E-state index contributed by atoms with van der Waals surface area (Å²) in [5, 5.41) is 0. The first-order valence-electron chi connectivity index (χ1n) is 19.0. The highest BCUT2D eigenvalue weighted by atomic mass is 16.6. The van der Waals surface area contributed by atoms with Crippen LogP contribution < -0.4 is 18.9 Å². The number of carbonyl (C=O) groups excluding carboxylic acids is 5. The lowest BCUT2D eigenvalue weighted by atomic mass is 9.99. The smallest absolute Gasteiger partial charge is 0.343 e. The van der Waals surface area contributed by atoms with Gasteiger partial charge in [-0.1, -0.05) is 80.4 Å². The van der Waals surface area contributed by atoms with Gasteiger partial charge in [0.05, 0.1) is 18.1 Å². The summed E-state index contributed by atoms with van der Waals surface area (Å²) in [6.45, 7) is 15.5. The molecule has 5 aromatic carbocycles. The van der Waals surface area contributed by atoms with E-state index in [2.05, 4.69) is 19.7 Å². The van der Waals surface area contributed by atoms with Gasteiger partial charge in [0.15, 0.2) is 0 Å². The van der Waals surface area contributed by atoms with Crippen molar-refractivity contribution in [3.63, 3.8) is 0 Å². The Labute approximate surface area is 354 Å². The van der Waals surface area contributed by atoms with Crippen LogP contribution >= 0.6 is 0 Å². The van der Waals surface area contributed by atoms with Crippen LogP contribution in [0.2, 0.25) is 0 Å². The fraction of sp³-hybridized carbons (Fsp3) is 0.140. The molecule has 0 atom stereocenters. The van der Waals surface area contributed by atoms with Gasteiger partial charge in [-0.05, 0) is 115 Å². The van der Waals surface area contributed by atoms with Crippen LogP contribution in [-0.4, -0.2) is 49.7 Å². The number of rotatable bonds is 18. The third kappa shape index (κ3) is 13.6. The molecule has 0 N–H and O–H groups in total. The largest absolute Gasteiger partial charge is 0.493 e. The molecule has 0 spiro atoms. The molecule has 0 amide bonds. The average molecular weight is 821 g/mol. The number of benzene rings is 5. The summed E-state index contributed by atoms with van der Waals surface area (Å²) >= 11 is 0. The highest BCUT2D eigenvalue weighted by molar-refractivity contribution is 5.92. The molecule has 11 nitrogen and oxygen atoms in total. The van der Waals surface area contributed by atoms with Crippen LogP contribution in [-0.2, 0) is 28.7 Å². The average Bonchev–Trinajstić information content (AvgIpc) is 3.26. The van der Waals surface area contributed by atoms with Crippen LogP contribution in [0.25, 0.3) is 28.3 Å². The molecule has 0 saturated carbocycles. The molecular formula is C50H44O11. The van der Waals surface area contributed by atoms with Gasteiger partial charge in [0.1, 0.15) is 36.2 Å². The van der Waals surface area contributed by atoms with E-state index in [-0.39, 0.29) is 59.4 Å². The van der Waals surface area contributed by atoms with E-state index in [9.17, 15) is 24.0 Å². The molecule has 0 aliphatic rings. The standard InChI is InChI=1S/C50H44O11/c1-32(2)47(52)57-30-36(31-58-48(53)33(3)4)29-56-42-20-16-40(17-21-42)39-14-12-38(13-15-39)37-10-7-35(8-11-37)9-28-46(51)59-43-24-26-45(27-25-43)61-50(55)41-18-22-44(23-19-41)60-49(54)34(5)6/h7-28,36H,1,3,5,29-31H2,2,4,6H3/b28-9+. The summed E-state index contributed by atoms with van der Waals surface area (Å²) in [5.41, 5.74) is 5.84. The Morgan fingerprint density at radius 3 is 1.34 bits per heavy atom. The van der Waals surface area contributed by atoms with Crippen molar-refractivity contribution in [1.82, 2.24) is 0 Å². The van der Waals surface area contributed by atoms with E-state index in [0.717, 1.165) is 27.8 Å². The summed E-state index contributed by atoms with van der Waals surface area (Å²) in [4.78, 5) is 60.6. The SMILES string of the molecule is C=C(C)C(=O)OCC(COC(=O)C(=C)C)COc1ccc(-c2ccc(-c3ccc(/C=C/C(=O)Oc4ccc(OC(=O)c5ccc(OC(=O)C(=C)C)cc5)cc4)cc3)cc2)cc1. The third-order valence-corrected chi connectivity index (χ3v) is 8.71. The summed E-state index contributed by atoms with van der Waals surface area (Å²) < 4.78 is 32.4. The Kier molecular flexibility index (Phi) is 15.5. The maximum Gasteiger partial charge on any atom is 0.343 e. The predicted molar refractivity (Wildman–Crippen MR) is 231 cm³/mol. The molecule has 0 heterocycles. The molecule has 0 bridgehead atoms. The second kappa shape index (κ2) is 21.3. The minimum atomic E-state index is -0.615. The van der Waals surface area contributed by atoms with Crippen molar-refractivity contribution in [2.45, 2.75) is 20.8 Å². The van der Waals surface area contributed by atoms with Gasteiger partial charge in [0.2, 0.25) is 0 Å². The van der Waals surface area contributed by atoms with Crippen LogP contribution in [0.5, 0.6) is 23.0 Å². The van der Waals surface area contributed by atoms with Gasteiger partial charge >= 0.3 is 29.8 Å². The van der Waals surface area contributed by atoms with Crippen molar-refractivity contribution in [3.8, 4) is 45.3 Å². The Morgan fingerprint density at radius 2 is 0.869 bits per heavy atom. The Morgan fingerprint density at radius 1 is 0.475 bits per heavy atom. The van der Waals surface area contributed by atoms with Gasteiger partial charge in [-0.2, -0.15) is 0 Å². The van der Waals surface area contributed by atoms with E-state index in [1.165, 1.54) is 61.5 Å². The zero-order valence-electron chi connectivity index (χ0n) is 34.0. The van der Waals surface area contributed by atoms with Crippen LogP contribution in [0.1, 0.15) is 36.7 Å². The molecule has 0 saturated heterocycles. The van der Waals surface area contributed by atoms with Crippen LogP contribution in [0.3, 0.4) is 0 Å². The predicted octanol–water partition coefficient (Wildman–Crippen LogP) is 9.57. The molecular weight excluding hydrogens is 777 g/mol. The van der Waals surface area contributed by atoms with Crippen LogP contribution in [0.15, 0.2) is 164 Å². The Hall–Kier alpha value is -7.79. The first-order chi connectivity index (χ1) is 29.2. The first kappa shape index (κ1) is 44.3. The summed E-state index contributed by atoms with van der Waals surface area (Å²) in [7, 11) is 0. The van der Waals surface area contributed by atoms with E-state index in [1.54, 1.807) is 19.9 Å². The molecule has 5 rings (SSSR count). The van der Waals surface area contributed by atoms with Crippen molar-refractivity contribution >= 4 is 35.9 Å². The van der Waals surface area contributed by atoms with Crippen molar-refractivity contribution in [2.24, 2.45) is 5.92 Å². The summed E-state index contributed by atoms with van der Waals surface area (Å²) in [5.74, 6) is -1.83. The lowest BCUT2D eigenvalue weighted by molar-refractivity contribution is -0.145. The molecule has 0 aromatic heterocycles. The highest BCUT2D eigenvalue weighted by Crippen LogP contribution is 2.27. The molecule has 11 heteroatoms. The maximum atomic E-state index is 12.6. The summed E-state index contributed by atoms with van der Waals surface area (Å²) in [6.07, 6.45) is 2.98. The second-order valence-electron chi connectivity index (χ2n) is 14.0. The molecule has 0 fully saturated rings. The topological polar surface area (TPSA) is 141 Å². The van der Waals surface area contributed by atoms with Gasteiger partial charge in [0, 0.05) is 22.8 Å². The van der Waals surface area contributed by atoms with E-state index in [1.807, 2.05) is 72.8 Å². The molecule has 5 aromatic rings. The minimum absolute atomic E-state index is 0.00618. The lowest BCUT2D eigenvalue weighted by Gasteiger charge is -2.18. The van der Waals surface area contributed by atoms with Gasteiger partial charge in [0.25, 0.3) is 0 Å². The second-order valence-corrected chi connectivity index (χ2v) is 14.0. The molecule has 310 valence electrons. The van der Waals surface area contributed by atoms with Crippen molar-refractivity contribution in [2.75, 3.05) is 19.8 Å². The quantitative estimate of drug-likeness (QED) is 0.0474. The minimum Gasteiger partial charge on any atom is -0.493 e. The van der Waals surface area contributed by atoms with E-state index in [0.29, 0.717) is 5.75 Å². The third-order valence-electron chi connectivity index (χ3n) is 8.71. The zero-order chi connectivity index (χ0) is 43.9. The van der Waals surface area contributed by atoms with Crippen molar-refractivity contribution in [1.29, 1.82) is 0 Å². The molecule has 61 heavy (non-hydrogen) atoms. The van der Waals surface area contributed by atoms with Crippen molar-refractivity contribution in [3.05, 3.63) is 175 Å². The van der Waals surface area contributed by atoms with Crippen LogP contribution in [0, 0.1) is 5.92 Å². The fourth-order valence-corrected chi connectivity index (χ4v) is 5.29. The maximum absolute atomic E-state index is 12.6. The van der Waals surface area contributed by atoms with Crippen LogP contribution in [0.4, 0.5) is 0 Å². The van der Waals surface area contributed by atoms with E-state index < -0.39 is 35.8 Å². The number of hydrogen-bond donors (Lipinski definition) is 0. The lowest BCUT2D eigenvalue weighted by Crippen LogP contribution is -2.26. The summed E-state index contributed by atoms with van der Waals surface area (Å²) in [6, 6.07) is 35.4. The first-order valence-corrected chi connectivity index (χ1v) is 19.0. The Balaban J connectivity index is 1.08. The zero-order valence-corrected chi connectivity index (χ0v) is 34.0. The number of ether oxygens (including phenoxy) is 6. The number of hydrogen-bond acceptors (Lipinski definition) is 11. The highest BCUT2D eigenvalue weighted by Gasteiger charge is 2.17. The number of carbonyl (C=O) groups is 5.